The second-order valence-corrected chi connectivity index (χ2v) is 8.22. The zero-order valence-corrected chi connectivity index (χ0v) is 15.9. The summed E-state index contributed by atoms with van der Waals surface area (Å²) >= 11 is 0. The molecule has 0 bridgehead atoms. The van der Waals surface area contributed by atoms with E-state index in [1.807, 2.05) is 0 Å². The maximum Gasteiger partial charge on any atom is -0.0239 e. The number of rotatable bonds is 7. The topological polar surface area (TPSA) is 0 Å². The molecule has 126 valence electrons. The predicted octanol–water partition coefficient (Wildman–Crippen LogP) is 7.19. The smallest absolute Gasteiger partial charge is 0.0239 e. The molecule has 0 aromatic heterocycles. The fourth-order valence-corrected chi connectivity index (χ4v) is 3.69. The Kier molecular flexibility index (Phi) is 8.21. The van der Waals surface area contributed by atoms with Crippen LogP contribution < -0.4 is 0 Å². The molecule has 0 N–H and O–H groups in total. The summed E-state index contributed by atoms with van der Waals surface area (Å²) in [6.45, 7) is 17.8. The molecule has 1 rings (SSSR count). The largest absolute Gasteiger partial charge is 0.0961 e. The highest BCUT2D eigenvalue weighted by atomic mass is 14.3. The molecule has 0 radical (unpaired) electrons. The molecule has 2 unspecified atom stereocenters. The number of allylic oxidation sites excluding steroid dienone is 5. The highest BCUT2D eigenvalue weighted by Gasteiger charge is 2.26. The van der Waals surface area contributed by atoms with Gasteiger partial charge in [0, 0.05) is 0 Å². The van der Waals surface area contributed by atoms with Crippen LogP contribution in [0.25, 0.3) is 0 Å². The van der Waals surface area contributed by atoms with Gasteiger partial charge in [-0.3, -0.25) is 0 Å². The first-order chi connectivity index (χ1) is 10.3. The molecular formula is C22H38. The Hall–Kier alpha value is -0.780. The van der Waals surface area contributed by atoms with Crippen molar-refractivity contribution < 1.29 is 0 Å². The van der Waals surface area contributed by atoms with Gasteiger partial charge < -0.3 is 0 Å². The van der Waals surface area contributed by atoms with E-state index in [0.29, 0.717) is 5.92 Å². The Morgan fingerprint density at radius 1 is 1.18 bits per heavy atom. The van der Waals surface area contributed by atoms with Gasteiger partial charge in [0.2, 0.25) is 0 Å². The summed E-state index contributed by atoms with van der Waals surface area (Å²) in [5.74, 6) is 4.12. The third-order valence-corrected chi connectivity index (χ3v) is 5.49. The Bertz CT molecular complexity index is 396. The molecule has 0 amide bonds. The van der Waals surface area contributed by atoms with Crippen molar-refractivity contribution >= 4 is 0 Å². The zero-order valence-electron chi connectivity index (χ0n) is 15.9. The highest BCUT2D eigenvalue weighted by molar-refractivity contribution is 5.17. The normalized spacial score (nSPS) is 28.3. The molecule has 0 heteroatoms. The molecule has 1 fully saturated rings. The minimum atomic E-state index is 0.712. The SMILES string of the molecule is C=C(C)/C=C(\C)C[C@@H]1CC[C@H](C/C=C/C(C)C(C)C)CC1C. The Labute approximate surface area is 139 Å². The molecule has 0 aromatic rings. The maximum absolute atomic E-state index is 4.00. The van der Waals surface area contributed by atoms with Crippen molar-refractivity contribution in [3.05, 3.63) is 36.0 Å². The molecule has 0 heterocycles. The van der Waals surface area contributed by atoms with E-state index in [4.69, 9.17) is 0 Å². The van der Waals surface area contributed by atoms with E-state index in [1.54, 1.807) is 0 Å². The molecule has 1 aliphatic rings. The molecular weight excluding hydrogens is 264 g/mol. The van der Waals surface area contributed by atoms with E-state index in [-0.39, 0.29) is 0 Å². The van der Waals surface area contributed by atoms with Crippen molar-refractivity contribution in [3.63, 3.8) is 0 Å². The Morgan fingerprint density at radius 2 is 1.86 bits per heavy atom. The fraction of sp³-hybridized carbons (Fsp3) is 0.727. The molecule has 22 heavy (non-hydrogen) atoms. The van der Waals surface area contributed by atoms with E-state index < -0.39 is 0 Å². The summed E-state index contributed by atoms with van der Waals surface area (Å²) in [6, 6.07) is 0. The molecule has 0 nitrogen and oxygen atoms in total. The van der Waals surface area contributed by atoms with Crippen molar-refractivity contribution in [2.75, 3.05) is 0 Å². The van der Waals surface area contributed by atoms with Crippen LogP contribution in [-0.4, -0.2) is 0 Å². The molecule has 0 saturated heterocycles. The first kappa shape index (κ1) is 19.3. The van der Waals surface area contributed by atoms with Gasteiger partial charge in [0.1, 0.15) is 0 Å². The van der Waals surface area contributed by atoms with Gasteiger partial charge in [-0.25, -0.2) is 0 Å². The quantitative estimate of drug-likeness (QED) is 0.345. The second kappa shape index (κ2) is 9.38. The molecule has 0 aliphatic heterocycles. The number of hydrogen-bond donors (Lipinski definition) is 0. The van der Waals surface area contributed by atoms with Crippen LogP contribution in [0.1, 0.15) is 73.6 Å². The maximum atomic E-state index is 4.00. The van der Waals surface area contributed by atoms with Gasteiger partial charge >= 0.3 is 0 Å². The molecule has 1 saturated carbocycles. The van der Waals surface area contributed by atoms with E-state index >= 15 is 0 Å². The van der Waals surface area contributed by atoms with Crippen molar-refractivity contribution in [2.24, 2.45) is 29.6 Å². The van der Waals surface area contributed by atoms with Crippen molar-refractivity contribution in [1.82, 2.24) is 0 Å². The van der Waals surface area contributed by atoms with Crippen molar-refractivity contribution in [3.8, 4) is 0 Å². The third-order valence-electron chi connectivity index (χ3n) is 5.49. The lowest BCUT2D eigenvalue weighted by molar-refractivity contribution is 0.193. The monoisotopic (exact) mass is 302 g/mol. The van der Waals surface area contributed by atoms with Crippen molar-refractivity contribution in [1.29, 1.82) is 0 Å². The summed E-state index contributed by atoms with van der Waals surface area (Å²) in [7, 11) is 0. The summed E-state index contributed by atoms with van der Waals surface area (Å²) < 4.78 is 0. The lowest BCUT2D eigenvalue weighted by Crippen LogP contribution is -2.23. The van der Waals surface area contributed by atoms with E-state index in [9.17, 15) is 0 Å². The average Bonchev–Trinajstić information content (AvgIpc) is 2.40. The zero-order chi connectivity index (χ0) is 16.7. The Morgan fingerprint density at radius 3 is 2.41 bits per heavy atom. The first-order valence-corrected chi connectivity index (χ1v) is 9.28. The van der Waals surface area contributed by atoms with Gasteiger partial charge in [-0.2, -0.15) is 0 Å². The minimum absolute atomic E-state index is 0.712. The van der Waals surface area contributed by atoms with Crippen LogP contribution in [0.15, 0.2) is 36.0 Å². The minimum Gasteiger partial charge on any atom is -0.0961 e. The summed E-state index contributed by atoms with van der Waals surface area (Å²) in [5, 5.41) is 0. The van der Waals surface area contributed by atoms with Crippen LogP contribution in [0, 0.1) is 29.6 Å². The van der Waals surface area contributed by atoms with Crippen LogP contribution in [0.3, 0.4) is 0 Å². The fourth-order valence-electron chi connectivity index (χ4n) is 3.69. The highest BCUT2D eigenvalue weighted by Crippen LogP contribution is 2.38. The van der Waals surface area contributed by atoms with Crippen LogP contribution in [-0.2, 0) is 0 Å². The Balaban J connectivity index is 2.41. The van der Waals surface area contributed by atoms with Gasteiger partial charge in [-0.15, -0.1) is 0 Å². The van der Waals surface area contributed by atoms with Gasteiger partial charge in [0.25, 0.3) is 0 Å². The second-order valence-electron chi connectivity index (χ2n) is 8.22. The molecule has 1 aliphatic carbocycles. The van der Waals surface area contributed by atoms with Crippen LogP contribution in [0.2, 0.25) is 0 Å². The summed E-state index contributed by atoms with van der Waals surface area (Å²) in [5.41, 5.74) is 2.69. The van der Waals surface area contributed by atoms with Gasteiger partial charge in [-0.1, -0.05) is 63.6 Å². The lowest BCUT2D eigenvalue weighted by Gasteiger charge is -2.34. The number of hydrogen-bond acceptors (Lipinski definition) is 0. The van der Waals surface area contributed by atoms with Gasteiger partial charge in [0.05, 0.1) is 0 Å². The van der Waals surface area contributed by atoms with Crippen LogP contribution in [0.5, 0.6) is 0 Å². The van der Waals surface area contributed by atoms with E-state index in [1.165, 1.54) is 43.3 Å². The van der Waals surface area contributed by atoms with Gasteiger partial charge in [0.15, 0.2) is 0 Å². The predicted molar refractivity (Wildman–Crippen MR) is 101 cm³/mol. The summed E-state index contributed by atoms with van der Waals surface area (Å²) in [4.78, 5) is 0. The lowest BCUT2D eigenvalue weighted by atomic mass is 9.71. The standard InChI is InChI=1S/C22H38/c1-16(2)13-18(5)14-22-12-11-21(15-20(22)7)10-8-9-19(6)17(3)4/h8-9,13,17,19-22H,1,10-12,14-15H2,2-7H3/b9-8+,18-13+/t19?,20?,21-,22-/m0/s1. The van der Waals surface area contributed by atoms with Crippen LogP contribution >= 0.6 is 0 Å². The molecule has 4 atom stereocenters. The first-order valence-electron chi connectivity index (χ1n) is 9.28. The average molecular weight is 303 g/mol. The molecule has 0 spiro atoms. The van der Waals surface area contributed by atoms with E-state index in [0.717, 1.165) is 23.7 Å². The van der Waals surface area contributed by atoms with Crippen molar-refractivity contribution in [2.45, 2.75) is 73.6 Å². The van der Waals surface area contributed by atoms with Gasteiger partial charge in [-0.05, 0) is 75.5 Å². The third kappa shape index (κ3) is 6.99. The summed E-state index contributed by atoms with van der Waals surface area (Å²) in [6.07, 6.45) is 13.9. The van der Waals surface area contributed by atoms with Crippen LogP contribution in [0.4, 0.5) is 0 Å². The van der Waals surface area contributed by atoms with E-state index in [2.05, 4.69) is 66.3 Å². The molecule has 0 aromatic carbocycles.